The predicted molar refractivity (Wildman–Crippen MR) is 172 cm³/mol. The van der Waals surface area contributed by atoms with E-state index in [9.17, 15) is 44.4 Å². The van der Waals surface area contributed by atoms with E-state index in [1.807, 2.05) is 37.3 Å². The summed E-state index contributed by atoms with van der Waals surface area (Å²) in [7, 11) is 0. The number of benzene rings is 2. The maximum Gasteiger partial charge on any atom is 0.317 e. The highest BCUT2D eigenvalue weighted by Crippen LogP contribution is 2.15. The van der Waals surface area contributed by atoms with E-state index in [1.165, 1.54) is 0 Å². The number of nitrogens with one attached hydrogen (secondary N) is 1. The number of nitrogens with zero attached hydrogens (tertiary/aromatic N) is 4. The summed E-state index contributed by atoms with van der Waals surface area (Å²) in [6.45, 7) is 2.12. The number of carboxylic acids is 4. The zero-order valence-electron chi connectivity index (χ0n) is 26.7. The Labute approximate surface area is 274 Å². The Bertz CT molecular complexity index is 1340. The molecule has 2 aromatic carbocycles. The fourth-order valence-corrected chi connectivity index (χ4v) is 5.75. The molecule has 1 heterocycles. The number of carboxylic acid groups (broad SMARTS) is 4. The van der Waals surface area contributed by atoms with Crippen molar-refractivity contribution in [2.75, 3.05) is 72.0 Å². The predicted octanol–water partition coefficient (Wildman–Crippen LogP) is 0.519. The monoisotopic (exact) mass is 655 g/mol. The molecule has 1 fully saturated rings. The molecule has 0 aliphatic carbocycles. The van der Waals surface area contributed by atoms with Crippen molar-refractivity contribution < 1.29 is 44.4 Å². The van der Waals surface area contributed by atoms with E-state index >= 15 is 0 Å². The Balaban J connectivity index is 1.82. The van der Waals surface area contributed by atoms with Crippen LogP contribution in [-0.4, -0.2) is 154 Å². The SMILES string of the molecule is CC(Cc1ccccc1)NC(=O)c1ccc(CC2CN(CC(=O)O)CCN(CC(=O)O)CCN(CC(=O)O)CCN2CC(=O)O)cc1. The minimum atomic E-state index is -1.08. The van der Waals surface area contributed by atoms with E-state index < -0.39 is 29.9 Å². The average Bonchev–Trinajstić information content (AvgIpc) is 2.99. The minimum Gasteiger partial charge on any atom is -0.480 e. The third-order valence-corrected chi connectivity index (χ3v) is 8.02. The van der Waals surface area contributed by atoms with Crippen LogP contribution >= 0.6 is 0 Å². The summed E-state index contributed by atoms with van der Waals surface area (Å²) in [5.41, 5.74) is 2.37. The van der Waals surface area contributed by atoms with Gasteiger partial charge in [0.25, 0.3) is 5.91 Å². The second kappa shape index (κ2) is 18.7. The number of carbonyl (C=O) groups is 5. The van der Waals surface area contributed by atoms with Crippen molar-refractivity contribution >= 4 is 29.8 Å². The van der Waals surface area contributed by atoms with E-state index in [-0.39, 0.29) is 83.9 Å². The van der Waals surface area contributed by atoms with Gasteiger partial charge >= 0.3 is 23.9 Å². The Hall–Kier alpha value is -4.37. The Kier molecular flexibility index (Phi) is 14.8. The number of hydrogen-bond donors (Lipinski definition) is 5. The molecule has 1 amide bonds. The molecule has 1 saturated heterocycles. The van der Waals surface area contributed by atoms with Crippen LogP contribution in [0.3, 0.4) is 0 Å². The molecule has 256 valence electrons. The Morgan fingerprint density at radius 1 is 0.660 bits per heavy atom. The molecule has 2 aromatic rings. The first-order chi connectivity index (χ1) is 22.4. The lowest BCUT2D eigenvalue weighted by Crippen LogP contribution is -2.53. The summed E-state index contributed by atoms with van der Waals surface area (Å²) >= 11 is 0. The van der Waals surface area contributed by atoms with Crippen LogP contribution in [0.5, 0.6) is 0 Å². The third-order valence-electron chi connectivity index (χ3n) is 8.02. The Morgan fingerprint density at radius 2 is 1.15 bits per heavy atom. The molecule has 0 spiro atoms. The lowest BCUT2D eigenvalue weighted by molar-refractivity contribution is -0.142. The zero-order valence-corrected chi connectivity index (χ0v) is 26.7. The van der Waals surface area contributed by atoms with E-state index in [0.29, 0.717) is 18.4 Å². The fraction of sp³-hybridized carbons (Fsp3) is 0.485. The number of aliphatic carboxylic acids is 4. The quantitative estimate of drug-likeness (QED) is 0.189. The number of hydrogen-bond acceptors (Lipinski definition) is 9. The fourth-order valence-electron chi connectivity index (χ4n) is 5.75. The van der Waals surface area contributed by atoms with Gasteiger partial charge in [-0.2, -0.15) is 0 Å². The molecule has 0 radical (unpaired) electrons. The molecular weight excluding hydrogens is 610 g/mol. The molecule has 47 heavy (non-hydrogen) atoms. The van der Waals surface area contributed by atoms with Crippen molar-refractivity contribution in [1.29, 1.82) is 0 Å². The van der Waals surface area contributed by atoms with Gasteiger partial charge in [0, 0.05) is 63.5 Å². The lowest BCUT2D eigenvalue weighted by atomic mass is 10.0. The first-order valence-electron chi connectivity index (χ1n) is 15.6. The molecule has 2 atom stereocenters. The van der Waals surface area contributed by atoms with Crippen molar-refractivity contribution in [3.05, 3.63) is 71.3 Å². The molecule has 14 heteroatoms. The van der Waals surface area contributed by atoms with Crippen LogP contribution < -0.4 is 5.32 Å². The molecule has 0 bridgehead atoms. The number of carbonyl (C=O) groups excluding carboxylic acids is 1. The van der Waals surface area contributed by atoms with Crippen molar-refractivity contribution in [3.63, 3.8) is 0 Å². The van der Waals surface area contributed by atoms with E-state index in [4.69, 9.17) is 0 Å². The van der Waals surface area contributed by atoms with Crippen LogP contribution in [0.2, 0.25) is 0 Å². The summed E-state index contributed by atoms with van der Waals surface area (Å²) in [6.07, 6.45) is 1.00. The van der Waals surface area contributed by atoms with Gasteiger partial charge in [-0.25, -0.2) is 0 Å². The minimum absolute atomic E-state index is 0.0993. The van der Waals surface area contributed by atoms with Gasteiger partial charge in [0.15, 0.2) is 0 Å². The highest BCUT2D eigenvalue weighted by Gasteiger charge is 2.27. The van der Waals surface area contributed by atoms with Crippen LogP contribution in [0, 0.1) is 0 Å². The summed E-state index contributed by atoms with van der Waals surface area (Å²) < 4.78 is 0. The summed E-state index contributed by atoms with van der Waals surface area (Å²) in [5, 5.41) is 41.3. The molecule has 2 unspecified atom stereocenters. The molecular formula is C33H45N5O9. The largest absolute Gasteiger partial charge is 0.480 e. The van der Waals surface area contributed by atoms with Crippen LogP contribution in [0.25, 0.3) is 0 Å². The first-order valence-corrected chi connectivity index (χ1v) is 15.6. The highest BCUT2D eigenvalue weighted by molar-refractivity contribution is 5.94. The topological polar surface area (TPSA) is 191 Å². The van der Waals surface area contributed by atoms with E-state index in [1.54, 1.807) is 43.9 Å². The molecule has 1 aliphatic heterocycles. The number of rotatable bonds is 14. The van der Waals surface area contributed by atoms with Gasteiger partial charge in [-0.05, 0) is 43.0 Å². The highest BCUT2D eigenvalue weighted by atomic mass is 16.4. The summed E-state index contributed by atoms with van der Waals surface area (Å²) in [6, 6.07) is 16.2. The maximum atomic E-state index is 12.9. The van der Waals surface area contributed by atoms with Gasteiger partial charge in [0.1, 0.15) is 0 Å². The van der Waals surface area contributed by atoms with Gasteiger partial charge in [-0.3, -0.25) is 43.6 Å². The molecule has 1 aliphatic rings. The molecule has 14 nitrogen and oxygen atoms in total. The van der Waals surface area contributed by atoms with Crippen molar-refractivity contribution in [1.82, 2.24) is 24.9 Å². The zero-order chi connectivity index (χ0) is 34.3. The standard InChI is InChI=1S/C33H45N5O9/c1-24(17-25-5-3-2-4-6-25)34-33(47)27-9-7-26(8-10-27)18-28-19-37(22-31(43)44)14-13-35(20-29(39)40)11-12-36(21-30(41)42)15-16-38(28)23-32(45)46/h2-10,24,28H,11-23H2,1H3,(H,34,47)(H,39,40)(H,41,42)(H,43,44)(H,45,46). The van der Waals surface area contributed by atoms with Crippen molar-refractivity contribution in [3.8, 4) is 0 Å². The molecule has 0 saturated carbocycles. The van der Waals surface area contributed by atoms with Crippen LogP contribution in [0.15, 0.2) is 54.6 Å². The van der Waals surface area contributed by atoms with Gasteiger partial charge in [-0.1, -0.05) is 42.5 Å². The molecule has 0 aromatic heterocycles. The van der Waals surface area contributed by atoms with Gasteiger partial charge in [0.2, 0.25) is 0 Å². The van der Waals surface area contributed by atoms with Crippen LogP contribution in [0.4, 0.5) is 0 Å². The summed E-state index contributed by atoms with van der Waals surface area (Å²) in [4.78, 5) is 66.5. The second-order valence-corrected chi connectivity index (χ2v) is 12.0. The van der Waals surface area contributed by atoms with Crippen LogP contribution in [-0.2, 0) is 32.0 Å². The second-order valence-electron chi connectivity index (χ2n) is 12.0. The summed E-state index contributed by atoms with van der Waals surface area (Å²) in [5.74, 6) is -4.50. The first kappa shape index (κ1) is 37.1. The van der Waals surface area contributed by atoms with Gasteiger partial charge in [0.05, 0.1) is 26.2 Å². The van der Waals surface area contributed by atoms with Crippen molar-refractivity contribution in [2.24, 2.45) is 0 Å². The normalized spacial score (nSPS) is 18.4. The average molecular weight is 656 g/mol. The van der Waals surface area contributed by atoms with Gasteiger partial charge < -0.3 is 25.7 Å². The van der Waals surface area contributed by atoms with E-state index in [0.717, 1.165) is 11.1 Å². The third kappa shape index (κ3) is 13.9. The molecule has 5 N–H and O–H groups in total. The Morgan fingerprint density at radius 3 is 1.68 bits per heavy atom. The maximum absolute atomic E-state index is 12.9. The van der Waals surface area contributed by atoms with E-state index in [2.05, 4.69) is 5.32 Å². The lowest BCUT2D eigenvalue weighted by Gasteiger charge is -2.37. The number of amides is 1. The van der Waals surface area contributed by atoms with Crippen molar-refractivity contribution in [2.45, 2.75) is 31.8 Å². The molecule has 3 rings (SSSR count). The van der Waals surface area contributed by atoms with Gasteiger partial charge in [-0.15, -0.1) is 0 Å². The van der Waals surface area contributed by atoms with Crippen LogP contribution in [0.1, 0.15) is 28.4 Å². The smallest absolute Gasteiger partial charge is 0.317 e.